The maximum absolute atomic E-state index is 11.3. The maximum atomic E-state index is 11.3. The molecule has 1 rings (SSSR count). The third-order valence-electron chi connectivity index (χ3n) is 3.14. The van der Waals surface area contributed by atoms with Gasteiger partial charge in [0, 0.05) is 6.04 Å². The van der Waals surface area contributed by atoms with Gasteiger partial charge in [0.15, 0.2) is 0 Å². The number of likely N-dealkylation sites (N-methyl/N-ethyl adjacent to an activating group) is 1. The Labute approximate surface area is 95.3 Å². The largest absolute Gasteiger partial charge is 0.351 e. The predicted molar refractivity (Wildman–Crippen MR) is 60.5 cm³/mol. The fourth-order valence-electron chi connectivity index (χ4n) is 2.39. The summed E-state index contributed by atoms with van der Waals surface area (Å²) in [5, 5.41) is 2.06. The Balaban J connectivity index is 2.42. The van der Waals surface area contributed by atoms with Crippen molar-refractivity contribution in [1.82, 2.24) is 10.2 Å². The van der Waals surface area contributed by atoms with E-state index in [4.69, 9.17) is 11.5 Å². The van der Waals surface area contributed by atoms with E-state index in [0.29, 0.717) is 18.5 Å². The van der Waals surface area contributed by atoms with Gasteiger partial charge in [-0.2, -0.15) is 0 Å². The minimum Gasteiger partial charge on any atom is -0.351 e. The second-order valence-electron chi connectivity index (χ2n) is 4.32. The highest BCUT2D eigenvalue weighted by molar-refractivity contribution is 5.94. The van der Waals surface area contributed by atoms with Crippen molar-refractivity contribution in [3.8, 4) is 0 Å². The topological polar surface area (TPSA) is 101 Å². The number of nitrogens with zero attached hydrogens (tertiary/aromatic N) is 1. The number of amides is 3. The smallest absolute Gasteiger partial charge is 0.318 e. The van der Waals surface area contributed by atoms with Gasteiger partial charge in [-0.15, -0.1) is 0 Å². The molecule has 0 aliphatic heterocycles. The monoisotopic (exact) mass is 228 g/mol. The molecule has 6 nitrogen and oxygen atoms in total. The van der Waals surface area contributed by atoms with Crippen LogP contribution in [0.4, 0.5) is 4.79 Å². The number of carbonyl (C=O) groups is 2. The van der Waals surface area contributed by atoms with Crippen LogP contribution in [0.2, 0.25) is 0 Å². The summed E-state index contributed by atoms with van der Waals surface area (Å²) < 4.78 is 0. The number of urea groups is 1. The molecule has 1 saturated carbocycles. The van der Waals surface area contributed by atoms with E-state index in [-0.39, 0.29) is 12.5 Å². The highest BCUT2D eigenvalue weighted by Gasteiger charge is 2.30. The molecular weight excluding hydrogens is 208 g/mol. The molecule has 92 valence electrons. The molecule has 1 aliphatic carbocycles. The Morgan fingerprint density at radius 3 is 2.69 bits per heavy atom. The molecule has 2 unspecified atom stereocenters. The van der Waals surface area contributed by atoms with Gasteiger partial charge in [-0.1, -0.05) is 6.42 Å². The fraction of sp³-hybridized carbons (Fsp3) is 0.800. The lowest BCUT2D eigenvalue weighted by Crippen LogP contribution is -2.46. The molecule has 2 atom stereocenters. The summed E-state index contributed by atoms with van der Waals surface area (Å²) >= 11 is 0. The molecule has 5 N–H and O–H groups in total. The van der Waals surface area contributed by atoms with Crippen molar-refractivity contribution in [1.29, 1.82) is 0 Å². The lowest BCUT2D eigenvalue weighted by Gasteiger charge is -2.28. The van der Waals surface area contributed by atoms with Gasteiger partial charge in [-0.25, -0.2) is 4.79 Å². The lowest BCUT2D eigenvalue weighted by molar-refractivity contribution is -0.121. The van der Waals surface area contributed by atoms with E-state index in [9.17, 15) is 9.59 Å². The van der Waals surface area contributed by atoms with Crippen molar-refractivity contribution < 1.29 is 9.59 Å². The molecule has 0 heterocycles. The zero-order valence-electron chi connectivity index (χ0n) is 9.61. The Morgan fingerprint density at radius 1 is 1.44 bits per heavy atom. The van der Waals surface area contributed by atoms with Gasteiger partial charge in [0.2, 0.25) is 5.91 Å². The number of carbonyl (C=O) groups excluding carboxylic acids is 2. The van der Waals surface area contributed by atoms with Crippen LogP contribution in [-0.4, -0.2) is 43.0 Å². The average Bonchev–Trinajstić information content (AvgIpc) is 2.63. The fourth-order valence-corrected chi connectivity index (χ4v) is 2.39. The van der Waals surface area contributed by atoms with Crippen LogP contribution in [0.25, 0.3) is 0 Å². The summed E-state index contributed by atoms with van der Waals surface area (Å²) in [5.41, 5.74) is 10.5. The highest BCUT2D eigenvalue weighted by Crippen LogP contribution is 2.28. The van der Waals surface area contributed by atoms with Crippen molar-refractivity contribution in [3.05, 3.63) is 0 Å². The number of nitrogens with one attached hydrogen (secondary N) is 1. The van der Waals surface area contributed by atoms with Gasteiger partial charge >= 0.3 is 6.03 Å². The normalized spacial score (nSPS) is 24.7. The van der Waals surface area contributed by atoms with Crippen LogP contribution in [-0.2, 0) is 4.79 Å². The molecule has 0 radical (unpaired) electrons. The van der Waals surface area contributed by atoms with Gasteiger partial charge in [0.05, 0.1) is 6.54 Å². The van der Waals surface area contributed by atoms with E-state index in [1.165, 1.54) is 0 Å². The van der Waals surface area contributed by atoms with Crippen LogP contribution in [0.5, 0.6) is 0 Å². The molecule has 0 aromatic rings. The molecule has 0 aromatic carbocycles. The Kier molecular flexibility index (Phi) is 4.70. The number of hydrogen-bond donors (Lipinski definition) is 3. The first-order chi connectivity index (χ1) is 7.54. The molecule has 0 spiro atoms. The van der Waals surface area contributed by atoms with E-state index in [0.717, 1.165) is 19.3 Å². The average molecular weight is 228 g/mol. The molecule has 16 heavy (non-hydrogen) atoms. The molecule has 0 aromatic heterocycles. The van der Waals surface area contributed by atoms with Crippen molar-refractivity contribution in [2.75, 3.05) is 20.1 Å². The second-order valence-corrected chi connectivity index (χ2v) is 4.32. The SMILES string of the molecule is CN(CC(=O)NC(N)=O)C1CCCC1CN. The minimum atomic E-state index is -0.805. The zero-order valence-corrected chi connectivity index (χ0v) is 9.61. The summed E-state index contributed by atoms with van der Waals surface area (Å²) in [5.74, 6) is 0.0871. The third-order valence-corrected chi connectivity index (χ3v) is 3.14. The first-order valence-electron chi connectivity index (χ1n) is 5.54. The molecule has 0 saturated heterocycles. The molecule has 1 aliphatic rings. The number of nitrogens with two attached hydrogens (primary N) is 2. The zero-order chi connectivity index (χ0) is 12.1. The van der Waals surface area contributed by atoms with Crippen LogP contribution in [0, 0.1) is 5.92 Å². The Hall–Kier alpha value is -1.14. The van der Waals surface area contributed by atoms with E-state index < -0.39 is 6.03 Å². The molecule has 3 amide bonds. The van der Waals surface area contributed by atoms with Crippen molar-refractivity contribution in [2.45, 2.75) is 25.3 Å². The van der Waals surface area contributed by atoms with Gasteiger partial charge in [-0.05, 0) is 32.4 Å². The van der Waals surface area contributed by atoms with Crippen molar-refractivity contribution in [3.63, 3.8) is 0 Å². The molecular formula is C10H20N4O2. The first-order valence-corrected chi connectivity index (χ1v) is 5.54. The number of hydrogen-bond acceptors (Lipinski definition) is 4. The van der Waals surface area contributed by atoms with E-state index >= 15 is 0 Å². The van der Waals surface area contributed by atoms with Crippen molar-refractivity contribution in [2.24, 2.45) is 17.4 Å². The summed E-state index contributed by atoms with van der Waals surface area (Å²) in [6.45, 7) is 0.830. The van der Waals surface area contributed by atoms with Crippen LogP contribution in [0.1, 0.15) is 19.3 Å². The van der Waals surface area contributed by atoms with Crippen LogP contribution < -0.4 is 16.8 Å². The standard InChI is InChI=1S/C10H20N4O2/c1-14(6-9(15)13-10(12)16)8-4-2-3-7(8)5-11/h7-8H,2-6,11H2,1H3,(H3,12,13,15,16). The van der Waals surface area contributed by atoms with E-state index in [1.54, 1.807) is 0 Å². The van der Waals surface area contributed by atoms with Crippen LogP contribution >= 0.6 is 0 Å². The Bertz CT molecular complexity index is 270. The maximum Gasteiger partial charge on any atom is 0.318 e. The third kappa shape index (κ3) is 3.46. The van der Waals surface area contributed by atoms with Gasteiger partial charge in [0.1, 0.15) is 0 Å². The first kappa shape index (κ1) is 12.9. The summed E-state index contributed by atoms with van der Waals surface area (Å²) in [6, 6.07) is -0.469. The summed E-state index contributed by atoms with van der Waals surface area (Å²) in [4.78, 5) is 23.8. The quantitative estimate of drug-likeness (QED) is 0.588. The predicted octanol–water partition coefficient (Wildman–Crippen LogP) is -0.759. The van der Waals surface area contributed by atoms with Crippen LogP contribution in [0.15, 0.2) is 0 Å². The number of rotatable bonds is 4. The van der Waals surface area contributed by atoms with Crippen LogP contribution in [0.3, 0.4) is 0 Å². The molecule has 1 fully saturated rings. The van der Waals surface area contributed by atoms with E-state index in [1.807, 2.05) is 11.9 Å². The highest BCUT2D eigenvalue weighted by atomic mass is 16.2. The summed E-state index contributed by atoms with van der Waals surface area (Å²) in [6.07, 6.45) is 3.32. The summed E-state index contributed by atoms with van der Waals surface area (Å²) in [7, 11) is 1.87. The van der Waals surface area contributed by atoms with Crippen molar-refractivity contribution >= 4 is 11.9 Å². The number of primary amides is 1. The van der Waals surface area contributed by atoms with E-state index in [2.05, 4.69) is 5.32 Å². The van der Waals surface area contributed by atoms with Gasteiger partial charge < -0.3 is 11.5 Å². The number of imide groups is 1. The second kappa shape index (κ2) is 5.81. The minimum absolute atomic E-state index is 0.185. The Morgan fingerprint density at radius 2 is 2.12 bits per heavy atom. The lowest BCUT2D eigenvalue weighted by atomic mass is 10.0. The van der Waals surface area contributed by atoms with Gasteiger partial charge in [0.25, 0.3) is 0 Å². The van der Waals surface area contributed by atoms with Gasteiger partial charge in [-0.3, -0.25) is 15.0 Å². The molecule has 0 bridgehead atoms. The molecule has 6 heteroatoms.